The Labute approximate surface area is 138 Å². The second kappa shape index (κ2) is 5.57. The van der Waals surface area contributed by atoms with E-state index in [0.29, 0.717) is 23.2 Å². The van der Waals surface area contributed by atoms with Crippen molar-refractivity contribution in [2.75, 3.05) is 5.32 Å². The topological polar surface area (TPSA) is 118 Å². The lowest BCUT2D eigenvalue weighted by Crippen LogP contribution is -2.12. The summed E-state index contributed by atoms with van der Waals surface area (Å²) in [5.74, 6) is 0.0558. The molecule has 10 heteroatoms. The van der Waals surface area contributed by atoms with E-state index in [4.69, 9.17) is 4.42 Å². The highest BCUT2D eigenvalue weighted by Crippen LogP contribution is 2.18. The number of fused-ring (bicyclic) bond motifs is 2. The molecule has 4 aromatic rings. The van der Waals surface area contributed by atoms with Crippen LogP contribution >= 0.6 is 11.3 Å². The Morgan fingerprint density at radius 1 is 1.42 bits per heavy atom. The fraction of sp³-hybridized carbons (Fsp3) is 0.214. The Balaban J connectivity index is 1.42. The first-order valence-electron chi connectivity index (χ1n) is 7.19. The summed E-state index contributed by atoms with van der Waals surface area (Å²) >= 11 is 1.42. The van der Waals surface area contributed by atoms with Gasteiger partial charge in [-0.2, -0.15) is 9.61 Å². The summed E-state index contributed by atoms with van der Waals surface area (Å²) < 4.78 is 6.64. The third-order valence-electron chi connectivity index (χ3n) is 3.46. The van der Waals surface area contributed by atoms with Gasteiger partial charge in [0, 0.05) is 24.6 Å². The Morgan fingerprint density at radius 2 is 2.29 bits per heavy atom. The molecule has 0 saturated carbocycles. The molecular formula is C14H12N6O3S. The first kappa shape index (κ1) is 14.6. The van der Waals surface area contributed by atoms with E-state index in [0.717, 1.165) is 15.8 Å². The summed E-state index contributed by atoms with van der Waals surface area (Å²) in [5.41, 5.74) is 1.57. The minimum absolute atomic E-state index is 0.144. The summed E-state index contributed by atoms with van der Waals surface area (Å²) in [6, 6.07) is 5.00. The predicted molar refractivity (Wildman–Crippen MR) is 87.2 cm³/mol. The number of nitrogens with zero attached hydrogens (tertiary/aromatic N) is 4. The highest BCUT2D eigenvalue weighted by Gasteiger charge is 2.11. The van der Waals surface area contributed by atoms with Crippen LogP contribution in [0.4, 0.5) is 5.69 Å². The molecule has 1 amide bonds. The monoisotopic (exact) mass is 344 g/mol. The molecule has 9 nitrogen and oxygen atoms in total. The van der Waals surface area contributed by atoms with Gasteiger partial charge >= 0.3 is 5.76 Å². The predicted octanol–water partition coefficient (Wildman–Crippen LogP) is 1.50. The Hall–Kier alpha value is -3.01. The smallest absolute Gasteiger partial charge is 0.408 e. The van der Waals surface area contributed by atoms with E-state index < -0.39 is 5.76 Å². The van der Waals surface area contributed by atoms with Gasteiger partial charge < -0.3 is 9.73 Å². The number of hydrogen-bond acceptors (Lipinski definition) is 7. The fourth-order valence-corrected chi connectivity index (χ4v) is 3.20. The third kappa shape index (κ3) is 2.67. The van der Waals surface area contributed by atoms with Crippen LogP contribution in [0.1, 0.15) is 17.3 Å². The molecule has 122 valence electrons. The molecule has 1 aromatic carbocycles. The van der Waals surface area contributed by atoms with Gasteiger partial charge in [0.05, 0.1) is 5.52 Å². The van der Waals surface area contributed by atoms with Gasteiger partial charge in [-0.1, -0.05) is 11.3 Å². The van der Waals surface area contributed by atoms with Gasteiger partial charge in [0.2, 0.25) is 10.9 Å². The number of benzene rings is 1. The van der Waals surface area contributed by atoms with Gasteiger partial charge in [0.15, 0.2) is 11.4 Å². The van der Waals surface area contributed by atoms with Crippen molar-refractivity contribution in [1.82, 2.24) is 24.8 Å². The quantitative estimate of drug-likeness (QED) is 0.579. The summed E-state index contributed by atoms with van der Waals surface area (Å²) in [5, 5.41) is 15.9. The van der Waals surface area contributed by atoms with Gasteiger partial charge in [-0.25, -0.2) is 4.79 Å². The first-order chi connectivity index (χ1) is 11.6. The third-order valence-corrected chi connectivity index (χ3v) is 4.42. The molecule has 3 heterocycles. The number of aromatic amines is 1. The van der Waals surface area contributed by atoms with E-state index in [1.165, 1.54) is 11.3 Å². The second-order valence-electron chi connectivity index (χ2n) is 5.21. The minimum atomic E-state index is -0.521. The molecule has 0 spiro atoms. The molecule has 2 N–H and O–H groups in total. The molecule has 3 aromatic heterocycles. The van der Waals surface area contributed by atoms with E-state index in [9.17, 15) is 9.59 Å². The number of aromatic nitrogens is 5. The average Bonchev–Trinajstić information content (AvgIpc) is 3.20. The van der Waals surface area contributed by atoms with Crippen molar-refractivity contribution in [3.05, 3.63) is 39.6 Å². The van der Waals surface area contributed by atoms with Crippen molar-refractivity contribution in [2.45, 2.75) is 19.8 Å². The van der Waals surface area contributed by atoms with Crippen molar-refractivity contribution >= 4 is 39.0 Å². The van der Waals surface area contributed by atoms with Crippen LogP contribution in [0, 0.1) is 6.92 Å². The number of aryl methyl sites for hydroxylation is 2. The van der Waals surface area contributed by atoms with Crippen molar-refractivity contribution in [1.29, 1.82) is 0 Å². The fourth-order valence-electron chi connectivity index (χ4n) is 2.32. The zero-order valence-corrected chi connectivity index (χ0v) is 13.4. The zero-order valence-electron chi connectivity index (χ0n) is 12.6. The molecule has 0 saturated heterocycles. The number of H-pyrrole nitrogens is 1. The molecular weight excluding hydrogens is 332 g/mol. The van der Waals surface area contributed by atoms with Crippen LogP contribution in [-0.2, 0) is 11.2 Å². The Bertz CT molecular complexity index is 1100. The number of carbonyl (C=O) groups excluding carboxylic acids is 1. The number of rotatable bonds is 4. The molecule has 0 aliphatic carbocycles. The SMILES string of the molecule is Cc1nnc2sc(CCC(=O)Nc3ccc4[nH]c(=O)oc4c3)nn12. The average molecular weight is 344 g/mol. The number of nitrogens with one attached hydrogen (secondary N) is 2. The van der Waals surface area contributed by atoms with Gasteiger partial charge in [-0.3, -0.25) is 9.78 Å². The summed E-state index contributed by atoms with van der Waals surface area (Å²) in [6.45, 7) is 1.83. The lowest BCUT2D eigenvalue weighted by molar-refractivity contribution is -0.116. The van der Waals surface area contributed by atoms with Crippen molar-refractivity contribution in [3.63, 3.8) is 0 Å². The maximum absolute atomic E-state index is 12.1. The first-order valence-corrected chi connectivity index (χ1v) is 8.00. The van der Waals surface area contributed by atoms with E-state index >= 15 is 0 Å². The molecule has 0 atom stereocenters. The van der Waals surface area contributed by atoms with Gasteiger partial charge in [0.25, 0.3) is 0 Å². The van der Waals surface area contributed by atoms with Gasteiger partial charge in [-0.15, -0.1) is 10.2 Å². The highest BCUT2D eigenvalue weighted by molar-refractivity contribution is 7.16. The molecule has 0 bridgehead atoms. The minimum Gasteiger partial charge on any atom is -0.408 e. The van der Waals surface area contributed by atoms with Crippen LogP contribution in [0.25, 0.3) is 16.1 Å². The van der Waals surface area contributed by atoms with Crippen LogP contribution in [0.3, 0.4) is 0 Å². The molecule has 4 rings (SSSR count). The van der Waals surface area contributed by atoms with Crippen LogP contribution in [0.5, 0.6) is 0 Å². The number of anilines is 1. The standard InChI is InChI=1S/C14H12N6O3S/c1-7-17-18-13-20(7)19-12(24-13)5-4-11(21)15-8-2-3-9-10(6-8)23-14(22)16-9/h2-3,6H,4-5H2,1H3,(H,15,21)(H,16,22). The van der Waals surface area contributed by atoms with Crippen LogP contribution in [0.2, 0.25) is 0 Å². The van der Waals surface area contributed by atoms with Gasteiger partial charge in [-0.05, 0) is 19.1 Å². The highest BCUT2D eigenvalue weighted by atomic mass is 32.1. The normalized spacial score (nSPS) is 11.4. The summed E-state index contributed by atoms with van der Waals surface area (Å²) in [7, 11) is 0. The zero-order chi connectivity index (χ0) is 16.7. The van der Waals surface area contributed by atoms with Crippen LogP contribution in [-0.4, -0.2) is 30.7 Å². The molecule has 0 aliphatic rings. The number of oxazole rings is 1. The summed E-state index contributed by atoms with van der Waals surface area (Å²) in [4.78, 5) is 26.5. The largest absolute Gasteiger partial charge is 0.417 e. The second-order valence-corrected chi connectivity index (χ2v) is 6.25. The van der Waals surface area contributed by atoms with E-state index in [-0.39, 0.29) is 12.3 Å². The van der Waals surface area contributed by atoms with E-state index in [1.54, 1.807) is 22.7 Å². The van der Waals surface area contributed by atoms with Crippen molar-refractivity contribution in [3.8, 4) is 0 Å². The Kier molecular flexibility index (Phi) is 3.38. The summed E-state index contributed by atoms with van der Waals surface area (Å²) in [6.07, 6.45) is 0.805. The lowest BCUT2D eigenvalue weighted by atomic mass is 10.2. The molecule has 24 heavy (non-hydrogen) atoms. The number of carbonyl (C=O) groups is 1. The lowest BCUT2D eigenvalue weighted by Gasteiger charge is -2.03. The van der Waals surface area contributed by atoms with Gasteiger partial charge in [0.1, 0.15) is 5.01 Å². The molecule has 0 fully saturated rings. The molecule has 0 radical (unpaired) electrons. The maximum Gasteiger partial charge on any atom is 0.417 e. The van der Waals surface area contributed by atoms with Crippen molar-refractivity contribution in [2.24, 2.45) is 0 Å². The molecule has 0 aliphatic heterocycles. The van der Waals surface area contributed by atoms with Crippen LogP contribution in [0.15, 0.2) is 27.4 Å². The number of amides is 1. The number of hydrogen-bond donors (Lipinski definition) is 2. The Morgan fingerprint density at radius 3 is 3.12 bits per heavy atom. The van der Waals surface area contributed by atoms with Crippen LogP contribution < -0.4 is 11.1 Å². The molecule has 0 unspecified atom stereocenters. The maximum atomic E-state index is 12.1. The van der Waals surface area contributed by atoms with Crippen molar-refractivity contribution < 1.29 is 9.21 Å². The van der Waals surface area contributed by atoms with E-state index in [2.05, 4.69) is 25.6 Å². The van der Waals surface area contributed by atoms with E-state index in [1.807, 2.05) is 6.92 Å².